The van der Waals surface area contributed by atoms with Crippen LogP contribution in [0.2, 0.25) is 0 Å². The summed E-state index contributed by atoms with van der Waals surface area (Å²) >= 11 is 0. The van der Waals surface area contributed by atoms with Gasteiger partial charge in [-0.2, -0.15) is 0 Å². The van der Waals surface area contributed by atoms with Gasteiger partial charge >= 0.3 is 5.97 Å². The summed E-state index contributed by atoms with van der Waals surface area (Å²) in [4.78, 5) is 147. The third-order valence-electron chi connectivity index (χ3n) is 12.1. The van der Waals surface area contributed by atoms with Crippen LogP contribution in [0.5, 0.6) is 0 Å². The molecule has 0 bridgehead atoms. The molecule has 2 heterocycles. The van der Waals surface area contributed by atoms with Crippen LogP contribution in [0.15, 0.2) is 70.8 Å². The second kappa shape index (κ2) is 30.4. The molecule has 0 spiro atoms. The van der Waals surface area contributed by atoms with E-state index < -0.39 is 121 Å². The Kier molecular flexibility index (Phi) is 23.9. The van der Waals surface area contributed by atoms with Gasteiger partial charge in [0.05, 0.1) is 0 Å². The zero-order valence-corrected chi connectivity index (χ0v) is 42.2. The number of guanidine groups is 2. The van der Waals surface area contributed by atoms with Crippen molar-refractivity contribution in [2.24, 2.45) is 38.7 Å². The number of carboxylic acid groups (broad SMARTS) is 1. The zero-order chi connectivity index (χ0) is 55.7. The van der Waals surface area contributed by atoms with Crippen LogP contribution < -0.4 is 71.2 Å². The summed E-state index contributed by atoms with van der Waals surface area (Å²) in [6, 6.07) is 5.38. The maximum atomic E-state index is 14.6. The quantitative estimate of drug-likeness (QED) is 0.0315. The van der Waals surface area contributed by atoms with E-state index in [0.717, 1.165) is 10.9 Å². The van der Waals surface area contributed by atoms with Gasteiger partial charge in [0.2, 0.25) is 53.2 Å². The Balaban J connectivity index is 1.78. The number of aromatic amines is 1. The topological polar surface area (TPSA) is 458 Å². The van der Waals surface area contributed by atoms with Crippen LogP contribution in [0.25, 0.3) is 10.9 Å². The van der Waals surface area contributed by atoms with E-state index in [1.807, 2.05) is 0 Å². The first-order valence-corrected chi connectivity index (χ1v) is 24.8. The fourth-order valence-corrected chi connectivity index (χ4v) is 8.19. The van der Waals surface area contributed by atoms with Crippen LogP contribution in [-0.2, 0) is 60.8 Å². The largest absolute Gasteiger partial charge is 0.480 e. The van der Waals surface area contributed by atoms with E-state index in [9.17, 15) is 53.1 Å². The fourth-order valence-electron chi connectivity index (χ4n) is 8.19. The maximum Gasteiger partial charge on any atom is 0.326 e. The van der Waals surface area contributed by atoms with Gasteiger partial charge in [0, 0.05) is 69.3 Å². The van der Waals surface area contributed by atoms with Gasteiger partial charge in [-0.25, -0.2) is 4.79 Å². The number of rotatable bonds is 19. The number of benzene rings is 2. The molecule has 27 nitrogen and oxygen atoms in total. The summed E-state index contributed by atoms with van der Waals surface area (Å²) in [5.74, 6) is -9.41. The van der Waals surface area contributed by atoms with Gasteiger partial charge in [-0.05, 0) is 68.6 Å². The molecule has 7 atom stereocenters. The van der Waals surface area contributed by atoms with Crippen molar-refractivity contribution >= 4 is 82.0 Å². The molecule has 3 unspecified atom stereocenters. The number of nitrogens with one attached hydrogen (secondary N) is 9. The number of para-hydroxylation sites is 1. The Labute approximate surface area is 437 Å². The van der Waals surface area contributed by atoms with Crippen molar-refractivity contribution in [1.29, 1.82) is 0 Å². The smallest absolute Gasteiger partial charge is 0.326 e. The molecule has 2 aromatic carbocycles. The number of H-pyrrole nitrogens is 1. The van der Waals surface area contributed by atoms with Crippen molar-refractivity contribution in [2.45, 2.75) is 126 Å². The Hall–Kier alpha value is -8.78. The van der Waals surface area contributed by atoms with E-state index in [2.05, 4.69) is 57.5 Å². The monoisotopic (exact) mass is 1060 g/mol. The number of carbonyl (C=O) groups excluding carboxylic acids is 9. The summed E-state index contributed by atoms with van der Waals surface area (Å²) < 4.78 is 0. The third kappa shape index (κ3) is 20.6. The van der Waals surface area contributed by atoms with Crippen molar-refractivity contribution in [3.05, 3.63) is 71.9 Å². The van der Waals surface area contributed by atoms with Crippen LogP contribution >= 0.6 is 0 Å². The second-order valence-corrected chi connectivity index (χ2v) is 18.1. The van der Waals surface area contributed by atoms with E-state index in [1.54, 1.807) is 60.8 Å². The third-order valence-corrected chi connectivity index (χ3v) is 12.1. The van der Waals surface area contributed by atoms with Gasteiger partial charge in [0.1, 0.15) is 42.3 Å². The number of hydrogen-bond acceptors (Lipinski definition) is 12. The molecule has 1 aliphatic rings. The molecule has 412 valence electrons. The lowest BCUT2D eigenvalue weighted by Gasteiger charge is -2.28. The van der Waals surface area contributed by atoms with Crippen molar-refractivity contribution in [3.8, 4) is 0 Å². The fraction of sp³-hybridized carbons (Fsp3) is 0.469. The number of aliphatic imine (C=N–C) groups is 2. The Morgan fingerprint density at radius 2 is 1.28 bits per heavy atom. The number of carboxylic acids is 1. The highest BCUT2D eigenvalue weighted by Crippen LogP contribution is 2.20. The van der Waals surface area contributed by atoms with E-state index in [4.69, 9.17) is 28.7 Å². The molecule has 0 radical (unpaired) electrons. The molecule has 1 aromatic heterocycles. The normalized spacial score (nSPS) is 20.9. The molecule has 9 amide bonds. The SMILES string of the molecule is CC(=O)N[C@@H](CCCN=C(N)N)C(=O)NC1CCC(=O)NCCCC(C(=O)O)NC(=O)[C@H](Cc2c[nH]c3ccccc23)NC(=O)[C@H](CCCN=C(N)N)NC(=O)C(Cc2ccccc2)NC(=O)[C@H](CCC(N)=O)NC1=O. The highest BCUT2D eigenvalue weighted by molar-refractivity contribution is 5.98. The average Bonchev–Trinajstić information content (AvgIpc) is 3.78. The van der Waals surface area contributed by atoms with Gasteiger partial charge in [-0.15, -0.1) is 0 Å². The summed E-state index contributed by atoms with van der Waals surface area (Å²) in [5.41, 5.74) is 29.3. The number of carbonyl (C=O) groups is 10. The van der Waals surface area contributed by atoms with E-state index in [-0.39, 0.29) is 89.3 Å². The highest BCUT2D eigenvalue weighted by Gasteiger charge is 2.35. The summed E-state index contributed by atoms with van der Waals surface area (Å²) in [5, 5.41) is 31.7. The van der Waals surface area contributed by atoms with Gasteiger partial charge in [-0.1, -0.05) is 48.5 Å². The molecule has 0 saturated carbocycles. The lowest BCUT2D eigenvalue weighted by atomic mass is 10.0. The van der Waals surface area contributed by atoms with Gasteiger partial charge in [0.15, 0.2) is 11.9 Å². The zero-order valence-electron chi connectivity index (χ0n) is 42.2. The minimum absolute atomic E-state index is 0.00680. The van der Waals surface area contributed by atoms with Gasteiger partial charge in [0.25, 0.3) is 0 Å². The first-order valence-electron chi connectivity index (χ1n) is 24.8. The lowest BCUT2D eigenvalue weighted by Crippen LogP contribution is -2.60. The summed E-state index contributed by atoms with van der Waals surface area (Å²) in [6.07, 6.45) is -0.265. The maximum absolute atomic E-state index is 14.6. The number of primary amides is 1. The number of nitrogens with two attached hydrogens (primary N) is 5. The van der Waals surface area contributed by atoms with Crippen LogP contribution in [0.1, 0.15) is 82.3 Å². The summed E-state index contributed by atoms with van der Waals surface area (Å²) in [6.45, 7) is 1.18. The Morgan fingerprint density at radius 1 is 0.697 bits per heavy atom. The van der Waals surface area contributed by atoms with Crippen LogP contribution in [0, 0.1) is 0 Å². The molecule has 1 saturated heterocycles. The number of nitrogens with zero attached hydrogens (tertiary/aromatic N) is 2. The Bertz CT molecular complexity index is 2580. The molecular weight excluding hydrogens is 989 g/mol. The molecular formula is C49H70N16O11. The van der Waals surface area contributed by atoms with Crippen LogP contribution in [0.3, 0.4) is 0 Å². The van der Waals surface area contributed by atoms with Crippen LogP contribution in [0.4, 0.5) is 0 Å². The van der Waals surface area contributed by atoms with Crippen molar-refractivity contribution < 1.29 is 53.1 Å². The number of fused-ring (bicyclic) bond motifs is 1. The van der Waals surface area contributed by atoms with E-state index >= 15 is 0 Å². The molecule has 0 aliphatic carbocycles. The molecule has 27 heteroatoms. The highest BCUT2D eigenvalue weighted by atomic mass is 16.4. The second-order valence-electron chi connectivity index (χ2n) is 18.1. The first-order chi connectivity index (χ1) is 36.2. The molecule has 20 N–H and O–H groups in total. The molecule has 1 fully saturated rings. The number of aliphatic carboxylic acids is 1. The molecule has 76 heavy (non-hydrogen) atoms. The predicted octanol–water partition coefficient (Wildman–Crippen LogP) is -3.49. The van der Waals surface area contributed by atoms with E-state index in [0.29, 0.717) is 11.1 Å². The van der Waals surface area contributed by atoms with Crippen molar-refractivity contribution in [3.63, 3.8) is 0 Å². The van der Waals surface area contributed by atoms with E-state index in [1.165, 1.54) is 6.92 Å². The van der Waals surface area contributed by atoms with Crippen molar-refractivity contribution in [1.82, 2.24) is 47.5 Å². The number of amides is 9. The standard InChI is InChI=1S/C49H70N16O11/c1-27(66)59-32(14-7-22-56-48(51)52)41(69)62-35-18-20-40(68)55-21-9-16-36(47(75)76)63-46(74)38(25-29-26-58-31-13-6-5-12-30(29)31)65-42(70)33(15-8-23-57-49(53)54)60-45(73)37(24-28-10-3-2-4-11-28)64-44(72)34(61-43(35)71)17-19-39(50)67/h2-6,10-13,26,32-38,58H,7-9,14-25H2,1H3,(H2,50,67)(H,55,68)(H,59,66)(H,60,73)(H,61,71)(H,62,69)(H,63,74)(H,64,72)(H,65,70)(H,75,76)(H4,51,52,56)(H4,53,54,57)/t32-,33-,34-,35?,36?,37?,38-/m0/s1. The predicted molar refractivity (Wildman–Crippen MR) is 279 cm³/mol. The number of aromatic nitrogens is 1. The minimum atomic E-state index is -1.60. The Morgan fingerprint density at radius 3 is 1.92 bits per heavy atom. The molecule has 4 rings (SSSR count). The average molecular weight is 1060 g/mol. The lowest BCUT2D eigenvalue weighted by molar-refractivity contribution is -0.142. The van der Waals surface area contributed by atoms with Gasteiger partial charge < -0.3 is 81.3 Å². The molecule has 3 aromatic rings. The van der Waals surface area contributed by atoms with Gasteiger partial charge in [-0.3, -0.25) is 53.1 Å². The number of hydrogen-bond donors (Lipinski definition) is 15. The van der Waals surface area contributed by atoms with Crippen molar-refractivity contribution in [2.75, 3.05) is 19.6 Å². The minimum Gasteiger partial charge on any atom is -0.480 e. The molecule has 1 aliphatic heterocycles. The van der Waals surface area contributed by atoms with Crippen LogP contribution in [-0.4, -0.2) is 143 Å². The first kappa shape index (κ1) is 59.8. The summed E-state index contributed by atoms with van der Waals surface area (Å²) in [7, 11) is 0.